The minimum absolute atomic E-state index is 0.0950. The molecule has 2 rings (SSSR count). The number of rotatable bonds is 3. The Hall–Kier alpha value is -0.820. The lowest BCUT2D eigenvalue weighted by molar-refractivity contribution is -0.123. The first-order chi connectivity index (χ1) is 7.75. The molecule has 3 N–H and O–H groups in total. The van der Waals surface area contributed by atoms with Crippen molar-refractivity contribution in [2.45, 2.75) is 23.6 Å². The van der Waals surface area contributed by atoms with Crippen LogP contribution in [0, 0.1) is 5.92 Å². The highest BCUT2D eigenvalue weighted by Crippen LogP contribution is 2.27. The first-order valence-corrected chi connectivity index (χ1v) is 7.05. The van der Waals surface area contributed by atoms with Crippen molar-refractivity contribution in [3.05, 3.63) is 0 Å². The number of nitrogens with zero attached hydrogens (tertiary/aromatic N) is 2. The number of anilines is 1. The fourth-order valence-electron chi connectivity index (χ4n) is 1.61. The van der Waals surface area contributed by atoms with Gasteiger partial charge in [0.05, 0.1) is 0 Å². The van der Waals surface area contributed by atoms with Gasteiger partial charge in [-0.25, -0.2) is 0 Å². The SMILES string of the molecule is Nc1nnc(SCC2CCCCNC2=O)s1. The van der Waals surface area contributed by atoms with Gasteiger partial charge in [0, 0.05) is 18.2 Å². The lowest BCUT2D eigenvalue weighted by atomic mass is 10.1. The second-order valence-corrected chi connectivity index (χ2v) is 5.98. The summed E-state index contributed by atoms with van der Waals surface area (Å²) >= 11 is 2.93. The molecule has 1 fully saturated rings. The average molecular weight is 258 g/mol. The molecule has 1 aliphatic heterocycles. The maximum Gasteiger partial charge on any atom is 0.223 e. The topological polar surface area (TPSA) is 80.9 Å². The molecule has 0 aliphatic carbocycles. The maximum absolute atomic E-state index is 11.7. The molecule has 5 nitrogen and oxygen atoms in total. The smallest absolute Gasteiger partial charge is 0.223 e. The Labute approximate surface area is 102 Å². The Morgan fingerprint density at radius 3 is 3.12 bits per heavy atom. The average Bonchev–Trinajstić information content (AvgIpc) is 2.56. The molecule has 1 unspecified atom stereocenters. The third kappa shape index (κ3) is 3.08. The van der Waals surface area contributed by atoms with Gasteiger partial charge in [0.15, 0.2) is 4.34 Å². The van der Waals surface area contributed by atoms with Crippen molar-refractivity contribution in [3.63, 3.8) is 0 Å². The predicted octanol–water partition coefficient (Wildman–Crippen LogP) is 1.13. The summed E-state index contributed by atoms with van der Waals surface area (Å²) in [7, 11) is 0. The molecule has 1 aromatic heterocycles. The van der Waals surface area contributed by atoms with Crippen LogP contribution in [0.2, 0.25) is 0 Å². The van der Waals surface area contributed by atoms with Gasteiger partial charge in [-0.15, -0.1) is 10.2 Å². The lowest BCUT2D eigenvalue weighted by Gasteiger charge is -2.10. The summed E-state index contributed by atoms with van der Waals surface area (Å²) in [4.78, 5) is 11.7. The normalized spacial score (nSPS) is 21.5. The molecule has 1 atom stereocenters. The Morgan fingerprint density at radius 1 is 1.50 bits per heavy atom. The van der Waals surface area contributed by atoms with Crippen LogP contribution in [-0.2, 0) is 4.79 Å². The van der Waals surface area contributed by atoms with Crippen LogP contribution in [-0.4, -0.2) is 28.4 Å². The van der Waals surface area contributed by atoms with Gasteiger partial charge in [-0.1, -0.05) is 29.5 Å². The van der Waals surface area contributed by atoms with Crippen molar-refractivity contribution in [1.82, 2.24) is 15.5 Å². The Bertz CT molecular complexity index is 368. The van der Waals surface area contributed by atoms with Crippen LogP contribution in [0.4, 0.5) is 5.13 Å². The minimum atomic E-state index is 0.0950. The zero-order valence-electron chi connectivity index (χ0n) is 8.81. The van der Waals surface area contributed by atoms with E-state index in [2.05, 4.69) is 15.5 Å². The van der Waals surface area contributed by atoms with E-state index in [0.29, 0.717) is 5.13 Å². The van der Waals surface area contributed by atoms with E-state index in [1.54, 1.807) is 11.8 Å². The summed E-state index contributed by atoms with van der Waals surface area (Å²) in [5, 5.41) is 11.1. The molecule has 1 amide bonds. The molecule has 0 bridgehead atoms. The second-order valence-electron chi connectivity index (χ2n) is 3.70. The molecular weight excluding hydrogens is 244 g/mol. The van der Waals surface area contributed by atoms with Gasteiger partial charge in [-0.3, -0.25) is 4.79 Å². The number of nitrogens with one attached hydrogen (secondary N) is 1. The lowest BCUT2D eigenvalue weighted by Crippen LogP contribution is -2.30. The highest BCUT2D eigenvalue weighted by atomic mass is 32.2. The molecule has 16 heavy (non-hydrogen) atoms. The van der Waals surface area contributed by atoms with E-state index in [-0.39, 0.29) is 11.8 Å². The van der Waals surface area contributed by atoms with Gasteiger partial charge in [-0.2, -0.15) is 0 Å². The number of amides is 1. The van der Waals surface area contributed by atoms with Gasteiger partial charge in [0.2, 0.25) is 11.0 Å². The first-order valence-electron chi connectivity index (χ1n) is 5.25. The van der Waals surface area contributed by atoms with E-state index >= 15 is 0 Å². The number of carbonyl (C=O) groups excluding carboxylic acids is 1. The summed E-state index contributed by atoms with van der Waals surface area (Å²) in [6.07, 6.45) is 3.16. The summed E-state index contributed by atoms with van der Waals surface area (Å²) < 4.78 is 0.842. The van der Waals surface area contributed by atoms with Crippen molar-refractivity contribution < 1.29 is 4.79 Å². The number of nitrogen functional groups attached to an aromatic ring is 1. The highest BCUT2D eigenvalue weighted by molar-refractivity contribution is 8.01. The summed E-state index contributed by atoms with van der Waals surface area (Å²) in [6.45, 7) is 0.811. The molecule has 1 aromatic rings. The van der Waals surface area contributed by atoms with Crippen LogP contribution in [0.15, 0.2) is 4.34 Å². The molecule has 0 spiro atoms. The van der Waals surface area contributed by atoms with E-state index in [4.69, 9.17) is 5.73 Å². The van der Waals surface area contributed by atoms with Crippen LogP contribution in [0.3, 0.4) is 0 Å². The third-order valence-electron chi connectivity index (χ3n) is 2.48. The van der Waals surface area contributed by atoms with Gasteiger partial charge in [0.25, 0.3) is 0 Å². The van der Waals surface area contributed by atoms with E-state index in [9.17, 15) is 4.79 Å². The van der Waals surface area contributed by atoms with Crippen molar-refractivity contribution in [2.24, 2.45) is 5.92 Å². The largest absolute Gasteiger partial charge is 0.374 e. The Balaban J connectivity index is 1.86. The zero-order chi connectivity index (χ0) is 11.4. The second kappa shape index (κ2) is 5.49. The molecular formula is C9H14N4OS2. The number of hydrogen-bond donors (Lipinski definition) is 2. The number of carbonyl (C=O) groups is 1. The molecule has 0 radical (unpaired) electrons. The zero-order valence-corrected chi connectivity index (χ0v) is 10.4. The fourth-order valence-corrected chi connectivity index (χ4v) is 3.41. The fraction of sp³-hybridized carbons (Fsp3) is 0.667. The maximum atomic E-state index is 11.7. The van der Waals surface area contributed by atoms with Gasteiger partial charge in [-0.05, 0) is 12.8 Å². The first kappa shape index (κ1) is 11.7. The van der Waals surface area contributed by atoms with Crippen LogP contribution in [0.1, 0.15) is 19.3 Å². The quantitative estimate of drug-likeness (QED) is 0.794. The number of nitrogens with two attached hydrogens (primary N) is 1. The van der Waals surface area contributed by atoms with Crippen molar-refractivity contribution in [1.29, 1.82) is 0 Å². The van der Waals surface area contributed by atoms with Crippen LogP contribution in [0.5, 0.6) is 0 Å². The Morgan fingerprint density at radius 2 is 2.38 bits per heavy atom. The molecule has 0 aromatic carbocycles. The van der Waals surface area contributed by atoms with Gasteiger partial charge in [0.1, 0.15) is 0 Å². The van der Waals surface area contributed by atoms with Crippen molar-refractivity contribution in [3.8, 4) is 0 Å². The van der Waals surface area contributed by atoms with Crippen LogP contribution >= 0.6 is 23.1 Å². The molecule has 2 heterocycles. The van der Waals surface area contributed by atoms with E-state index in [1.807, 2.05) is 0 Å². The van der Waals surface area contributed by atoms with Crippen molar-refractivity contribution >= 4 is 34.1 Å². The number of hydrogen-bond acceptors (Lipinski definition) is 6. The van der Waals surface area contributed by atoms with E-state index < -0.39 is 0 Å². The van der Waals surface area contributed by atoms with Crippen LogP contribution in [0.25, 0.3) is 0 Å². The summed E-state index contributed by atoms with van der Waals surface area (Å²) in [6, 6.07) is 0. The van der Waals surface area contributed by atoms with Crippen LogP contribution < -0.4 is 11.1 Å². The van der Waals surface area contributed by atoms with Gasteiger partial charge >= 0.3 is 0 Å². The molecule has 1 aliphatic rings. The van der Waals surface area contributed by atoms with E-state index in [1.165, 1.54) is 11.3 Å². The van der Waals surface area contributed by atoms with Crippen molar-refractivity contribution in [2.75, 3.05) is 18.0 Å². The molecule has 1 saturated heterocycles. The highest BCUT2D eigenvalue weighted by Gasteiger charge is 2.21. The summed E-state index contributed by atoms with van der Waals surface area (Å²) in [5.41, 5.74) is 5.49. The van der Waals surface area contributed by atoms with E-state index in [0.717, 1.165) is 35.9 Å². The number of aromatic nitrogens is 2. The molecule has 0 saturated carbocycles. The predicted molar refractivity (Wildman–Crippen MR) is 65.4 cm³/mol. The Kier molecular flexibility index (Phi) is 4.00. The molecule has 7 heteroatoms. The number of thioether (sulfide) groups is 1. The monoisotopic (exact) mass is 258 g/mol. The van der Waals surface area contributed by atoms with Gasteiger partial charge < -0.3 is 11.1 Å². The summed E-state index contributed by atoms with van der Waals surface area (Å²) in [5.74, 6) is 1.03. The minimum Gasteiger partial charge on any atom is -0.374 e. The third-order valence-corrected chi connectivity index (χ3v) is 4.53. The standard InChI is InChI=1S/C9H14N4OS2/c10-8-12-13-9(16-8)15-5-6-3-1-2-4-11-7(6)14/h6H,1-5H2,(H2,10,12)(H,11,14). The molecule has 88 valence electrons.